The highest BCUT2D eigenvalue weighted by Gasteiger charge is 2.15. The van der Waals surface area contributed by atoms with Crippen LogP contribution in [-0.4, -0.2) is 4.98 Å². The number of nitrogens with two attached hydrogens (primary N) is 1. The van der Waals surface area contributed by atoms with Gasteiger partial charge in [-0.3, -0.25) is 11.3 Å². The molecule has 0 bridgehead atoms. The van der Waals surface area contributed by atoms with E-state index in [0.717, 1.165) is 12.1 Å². The summed E-state index contributed by atoms with van der Waals surface area (Å²) in [5.41, 5.74) is 8.38. The lowest BCUT2D eigenvalue weighted by Crippen LogP contribution is -2.29. The Morgan fingerprint density at radius 3 is 2.82 bits per heavy atom. The maximum atomic E-state index is 5.65. The predicted molar refractivity (Wildman–Crippen MR) is 71.8 cm³/mol. The standard InChI is InChI=1S/C13H17N3S/c1-9-4-3-5-11(6-9)7-12(16-14)13-10(2)15-8-17-13/h3-6,8,12,16H,7,14H2,1-2H3. The first-order valence-electron chi connectivity index (χ1n) is 5.62. The van der Waals surface area contributed by atoms with E-state index in [1.54, 1.807) is 11.3 Å². The van der Waals surface area contributed by atoms with E-state index in [0.29, 0.717) is 0 Å². The Balaban J connectivity index is 2.19. The summed E-state index contributed by atoms with van der Waals surface area (Å²) in [6, 6.07) is 8.66. The van der Waals surface area contributed by atoms with Gasteiger partial charge >= 0.3 is 0 Å². The van der Waals surface area contributed by atoms with Crippen molar-refractivity contribution >= 4 is 11.3 Å². The van der Waals surface area contributed by atoms with Gasteiger partial charge in [-0.05, 0) is 25.8 Å². The fraction of sp³-hybridized carbons (Fsp3) is 0.308. The summed E-state index contributed by atoms with van der Waals surface area (Å²) in [6.45, 7) is 4.12. The lowest BCUT2D eigenvalue weighted by atomic mass is 10.0. The number of aryl methyl sites for hydroxylation is 2. The number of hydrazine groups is 1. The number of rotatable bonds is 4. The molecule has 4 heteroatoms. The van der Waals surface area contributed by atoms with E-state index in [9.17, 15) is 0 Å². The maximum absolute atomic E-state index is 5.65. The Kier molecular flexibility index (Phi) is 3.89. The van der Waals surface area contributed by atoms with Crippen LogP contribution in [-0.2, 0) is 6.42 Å². The van der Waals surface area contributed by atoms with Crippen LogP contribution in [0.3, 0.4) is 0 Å². The van der Waals surface area contributed by atoms with Gasteiger partial charge in [-0.2, -0.15) is 0 Å². The third-order valence-electron chi connectivity index (χ3n) is 2.82. The summed E-state index contributed by atoms with van der Waals surface area (Å²) < 4.78 is 0. The van der Waals surface area contributed by atoms with Gasteiger partial charge in [-0.15, -0.1) is 11.3 Å². The average molecular weight is 247 g/mol. The van der Waals surface area contributed by atoms with Gasteiger partial charge in [0.15, 0.2) is 0 Å². The van der Waals surface area contributed by atoms with Crippen LogP contribution >= 0.6 is 11.3 Å². The second kappa shape index (κ2) is 5.40. The SMILES string of the molecule is Cc1cccc(CC(NN)c2scnc2C)c1. The zero-order valence-electron chi connectivity index (χ0n) is 10.1. The number of hydrogen-bond acceptors (Lipinski definition) is 4. The van der Waals surface area contributed by atoms with Crippen molar-refractivity contribution in [2.45, 2.75) is 26.3 Å². The fourth-order valence-corrected chi connectivity index (χ4v) is 2.81. The van der Waals surface area contributed by atoms with Crippen molar-refractivity contribution in [3.05, 3.63) is 51.5 Å². The minimum atomic E-state index is 0.143. The molecule has 0 saturated heterocycles. The molecule has 90 valence electrons. The van der Waals surface area contributed by atoms with Gasteiger partial charge in [0.05, 0.1) is 17.2 Å². The molecular weight excluding hydrogens is 230 g/mol. The number of nitrogens with zero attached hydrogens (tertiary/aromatic N) is 1. The van der Waals surface area contributed by atoms with Crippen LogP contribution in [0, 0.1) is 13.8 Å². The van der Waals surface area contributed by atoms with Gasteiger partial charge in [0.25, 0.3) is 0 Å². The summed E-state index contributed by atoms with van der Waals surface area (Å²) in [5.74, 6) is 5.65. The summed E-state index contributed by atoms with van der Waals surface area (Å²) in [6.07, 6.45) is 0.890. The third-order valence-corrected chi connectivity index (χ3v) is 3.87. The molecule has 0 radical (unpaired) electrons. The Morgan fingerprint density at radius 1 is 1.41 bits per heavy atom. The second-order valence-corrected chi connectivity index (χ2v) is 5.10. The van der Waals surface area contributed by atoms with E-state index in [4.69, 9.17) is 5.84 Å². The van der Waals surface area contributed by atoms with Crippen molar-refractivity contribution in [2.24, 2.45) is 5.84 Å². The van der Waals surface area contributed by atoms with Crippen molar-refractivity contribution in [2.75, 3.05) is 0 Å². The predicted octanol–water partition coefficient (Wildman–Crippen LogP) is 2.51. The number of nitrogens with one attached hydrogen (secondary N) is 1. The molecule has 0 amide bonds. The average Bonchev–Trinajstić information content (AvgIpc) is 2.72. The van der Waals surface area contributed by atoms with E-state index in [2.05, 4.69) is 41.6 Å². The van der Waals surface area contributed by atoms with Gasteiger partial charge in [-0.25, -0.2) is 4.98 Å². The van der Waals surface area contributed by atoms with Crippen molar-refractivity contribution in [3.63, 3.8) is 0 Å². The quantitative estimate of drug-likeness (QED) is 0.644. The Bertz CT molecular complexity index is 493. The zero-order chi connectivity index (χ0) is 12.3. The van der Waals surface area contributed by atoms with E-state index in [-0.39, 0.29) is 6.04 Å². The Morgan fingerprint density at radius 2 is 2.24 bits per heavy atom. The lowest BCUT2D eigenvalue weighted by molar-refractivity contribution is 0.557. The minimum absolute atomic E-state index is 0.143. The highest BCUT2D eigenvalue weighted by atomic mass is 32.1. The van der Waals surface area contributed by atoms with Crippen molar-refractivity contribution < 1.29 is 0 Å². The molecule has 1 aromatic heterocycles. The molecule has 1 unspecified atom stereocenters. The summed E-state index contributed by atoms with van der Waals surface area (Å²) in [7, 11) is 0. The number of hydrogen-bond donors (Lipinski definition) is 2. The number of thiazole rings is 1. The second-order valence-electron chi connectivity index (χ2n) is 4.21. The van der Waals surface area contributed by atoms with Crippen LogP contribution in [0.4, 0.5) is 0 Å². The van der Waals surface area contributed by atoms with Gasteiger partial charge < -0.3 is 0 Å². The van der Waals surface area contributed by atoms with Crippen molar-refractivity contribution in [1.29, 1.82) is 0 Å². The molecule has 0 aliphatic carbocycles. The monoisotopic (exact) mass is 247 g/mol. The van der Waals surface area contributed by atoms with Crippen molar-refractivity contribution in [3.8, 4) is 0 Å². The third kappa shape index (κ3) is 2.91. The molecule has 0 spiro atoms. The van der Waals surface area contributed by atoms with Crippen LogP contribution in [0.1, 0.15) is 27.7 Å². The molecule has 0 saturated carbocycles. The molecule has 1 atom stereocenters. The summed E-state index contributed by atoms with van der Waals surface area (Å²) >= 11 is 1.65. The smallest absolute Gasteiger partial charge is 0.0798 e. The lowest BCUT2D eigenvalue weighted by Gasteiger charge is -2.15. The van der Waals surface area contributed by atoms with E-state index >= 15 is 0 Å². The van der Waals surface area contributed by atoms with Gasteiger partial charge in [0.2, 0.25) is 0 Å². The topological polar surface area (TPSA) is 50.9 Å². The molecule has 3 nitrogen and oxygen atoms in total. The van der Waals surface area contributed by atoms with Gasteiger partial charge in [0.1, 0.15) is 0 Å². The van der Waals surface area contributed by atoms with Gasteiger partial charge in [0, 0.05) is 4.88 Å². The largest absolute Gasteiger partial charge is 0.271 e. The van der Waals surface area contributed by atoms with E-state index < -0.39 is 0 Å². The van der Waals surface area contributed by atoms with Crippen LogP contribution in [0.15, 0.2) is 29.8 Å². The van der Waals surface area contributed by atoms with Crippen LogP contribution in [0.2, 0.25) is 0 Å². The summed E-state index contributed by atoms with van der Waals surface area (Å²) in [4.78, 5) is 5.48. The Labute approximate surface area is 106 Å². The molecule has 1 aromatic carbocycles. The number of benzene rings is 1. The fourth-order valence-electron chi connectivity index (χ4n) is 1.95. The molecular formula is C13H17N3S. The van der Waals surface area contributed by atoms with E-state index in [1.165, 1.54) is 16.0 Å². The molecule has 0 fully saturated rings. The summed E-state index contributed by atoms with van der Waals surface area (Å²) in [5, 5.41) is 0. The van der Waals surface area contributed by atoms with Crippen LogP contribution in [0.25, 0.3) is 0 Å². The first-order valence-corrected chi connectivity index (χ1v) is 6.50. The molecule has 0 aliphatic rings. The molecule has 2 rings (SSSR count). The zero-order valence-corrected chi connectivity index (χ0v) is 10.9. The van der Waals surface area contributed by atoms with Gasteiger partial charge in [-0.1, -0.05) is 29.8 Å². The van der Waals surface area contributed by atoms with Crippen molar-refractivity contribution in [1.82, 2.24) is 10.4 Å². The first-order chi connectivity index (χ1) is 8.20. The highest BCUT2D eigenvalue weighted by Crippen LogP contribution is 2.24. The van der Waals surface area contributed by atoms with Crippen LogP contribution < -0.4 is 11.3 Å². The molecule has 1 heterocycles. The molecule has 0 aliphatic heterocycles. The molecule has 3 N–H and O–H groups in total. The Hall–Kier alpha value is -1.23. The van der Waals surface area contributed by atoms with Crippen LogP contribution in [0.5, 0.6) is 0 Å². The first kappa shape index (κ1) is 12.2. The minimum Gasteiger partial charge on any atom is -0.271 e. The molecule has 17 heavy (non-hydrogen) atoms. The molecule has 2 aromatic rings. The highest BCUT2D eigenvalue weighted by molar-refractivity contribution is 7.09. The maximum Gasteiger partial charge on any atom is 0.0798 e. The van der Waals surface area contributed by atoms with E-state index in [1.807, 2.05) is 12.4 Å². The number of aromatic nitrogens is 1. The normalized spacial score (nSPS) is 12.6.